The summed E-state index contributed by atoms with van der Waals surface area (Å²) >= 11 is 0. The number of sulfone groups is 1. The molecule has 6 nitrogen and oxygen atoms in total. The fourth-order valence-electron chi connectivity index (χ4n) is 1.51. The lowest BCUT2D eigenvalue weighted by molar-refractivity contribution is 0.282. The maximum Gasteiger partial charge on any atom is 0.148 e. The van der Waals surface area contributed by atoms with E-state index in [-0.39, 0.29) is 11.6 Å². The third kappa shape index (κ3) is 5.32. The fraction of sp³-hybridized carbons (Fsp3) is 0.889. The largest absolute Gasteiger partial charge is 0.409 e. The van der Waals surface area contributed by atoms with Crippen molar-refractivity contribution in [1.29, 1.82) is 0 Å². The zero-order valence-electron chi connectivity index (χ0n) is 9.46. The summed E-state index contributed by atoms with van der Waals surface area (Å²) in [7, 11) is -2.92. The highest BCUT2D eigenvalue weighted by Gasteiger charge is 2.29. The van der Waals surface area contributed by atoms with Gasteiger partial charge in [0.1, 0.15) is 15.7 Å². The fourth-order valence-corrected chi connectivity index (χ4v) is 2.07. The van der Waals surface area contributed by atoms with Gasteiger partial charge in [-0.3, -0.25) is 4.90 Å². The molecule has 1 aliphatic carbocycles. The van der Waals surface area contributed by atoms with Crippen LogP contribution in [0, 0.1) is 0 Å². The SMILES string of the molecule is CS(=O)(=O)CCN(CCC(N)=NO)C1CC1. The molecule has 0 amide bonds. The van der Waals surface area contributed by atoms with Crippen molar-refractivity contribution in [2.75, 3.05) is 25.1 Å². The van der Waals surface area contributed by atoms with E-state index in [2.05, 4.69) is 10.1 Å². The Labute approximate surface area is 96.0 Å². The Morgan fingerprint density at radius 1 is 1.50 bits per heavy atom. The van der Waals surface area contributed by atoms with E-state index in [0.29, 0.717) is 25.6 Å². The van der Waals surface area contributed by atoms with E-state index in [1.54, 1.807) is 0 Å². The monoisotopic (exact) mass is 249 g/mol. The number of hydrogen-bond acceptors (Lipinski definition) is 5. The summed E-state index contributed by atoms with van der Waals surface area (Å²) in [4.78, 5) is 2.10. The van der Waals surface area contributed by atoms with Crippen LogP contribution in [-0.4, -0.2) is 55.5 Å². The average Bonchev–Trinajstić information content (AvgIpc) is 2.99. The zero-order valence-corrected chi connectivity index (χ0v) is 10.3. The molecule has 0 bridgehead atoms. The van der Waals surface area contributed by atoms with Crippen molar-refractivity contribution in [2.45, 2.75) is 25.3 Å². The van der Waals surface area contributed by atoms with Gasteiger partial charge in [-0.2, -0.15) is 0 Å². The molecule has 0 aromatic rings. The van der Waals surface area contributed by atoms with E-state index in [9.17, 15) is 8.42 Å². The molecule has 0 radical (unpaired) electrons. The van der Waals surface area contributed by atoms with Gasteiger partial charge in [-0.15, -0.1) is 0 Å². The standard InChI is InChI=1S/C9H19N3O3S/c1-16(14,15)7-6-12(8-2-3-8)5-4-9(10)11-13/h8,13H,2-7H2,1H3,(H2,10,11). The van der Waals surface area contributed by atoms with E-state index in [0.717, 1.165) is 12.8 Å². The second kappa shape index (κ2) is 5.49. The molecular weight excluding hydrogens is 230 g/mol. The van der Waals surface area contributed by atoms with Gasteiger partial charge in [0.2, 0.25) is 0 Å². The Kier molecular flexibility index (Phi) is 4.55. The normalized spacial score (nSPS) is 18.0. The molecule has 0 aliphatic heterocycles. The molecule has 1 rings (SSSR count). The highest BCUT2D eigenvalue weighted by molar-refractivity contribution is 7.90. The highest BCUT2D eigenvalue weighted by Crippen LogP contribution is 2.26. The molecule has 1 fully saturated rings. The Bertz CT molecular complexity index is 349. The van der Waals surface area contributed by atoms with Crippen LogP contribution in [0.3, 0.4) is 0 Å². The number of oxime groups is 1. The maximum absolute atomic E-state index is 11.1. The van der Waals surface area contributed by atoms with Gasteiger partial charge in [-0.1, -0.05) is 5.16 Å². The number of nitrogens with zero attached hydrogens (tertiary/aromatic N) is 2. The second-order valence-corrected chi connectivity index (χ2v) is 6.50. The summed E-state index contributed by atoms with van der Waals surface area (Å²) in [6.45, 7) is 1.18. The number of hydrogen-bond donors (Lipinski definition) is 2. The zero-order chi connectivity index (χ0) is 12.2. The van der Waals surface area contributed by atoms with E-state index in [4.69, 9.17) is 10.9 Å². The summed E-state index contributed by atoms with van der Waals surface area (Å²) in [6, 6.07) is 0.480. The molecule has 1 aliphatic rings. The minimum atomic E-state index is -2.92. The molecule has 0 spiro atoms. The Hall–Kier alpha value is -0.820. The van der Waals surface area contributed by atoms with Crippen LogP contribution in [0.15, 0.2) is 5.16 Å². The van der Waals surface area contributed by atoms with Gasteiger partial charge in [0.05, 0.1) is 5.75 Å². The molecule has 0 saturated heterocycles. The third-order valence-corrected chi connectivity index (χ3v) is 3.52. The predicted octanol–water partition coefficient (Wildman–Crippen LogP) is -0.368. The van der Waals surface area contributed by atoms with Crippen LogP contribution in [0.5, 0.6) is 0 Å². The molecule has 0 unspecified atom stereocenters. The van der Waals surface area contributed by atoms with Crippen molar-refractivity contribution in [3.63, 3.8) is 0 Å². The van der Waals surface area contributed by atoms with E-state index >= 15 is 0 Å². The van der Waals surface area contributed by atoms with Crippen molar-refractivity contribution < 1.29 is 13.6 Å². The number of rotatable bonds is 7. The van der Waals surface area contributed by atoms with Gasteiger partial charge >= 0.3 is 0 Å². The lowest BCUT2D eigenvalue weighted by Crippen LogP contribution is -2.34. The molecule has 0 aromatic carbocycles. The Morgan fingerprint density at radius 2 is 2.12 bits per heavy atom. The van der Waals surface area contributed by atoms with Crippen LogP contribution in [0.25, 0.3) is 0 Å². The van der Waals surface area contributed by atoms with Gasteiger partial charge in [0.15, 0.2) is 0 Å². The molecule has 0 aromatic heterocycles. The minimum absolute atomic E-state index is 0.166. The average molecular weight is 249 g/mol. The predicted molar refractivity (Wildman–Crippen MR) is 62.3 cm³/mol. The van der Waals surface area contributed by atoms with E-state index < -0.39 is 9.84 Å². The summed E-state index contributed by atoms with van der Waals surface area (Å²) in [5.41, 5.74) is 5.38. The smallest absolute Gasteiger partial charge is 0.148 e. The van der Waals surface area contributed by atoms with Gasteiger partial charge in [0.25, 0.3) is 0 Å². The summed E-state index contributed by atoms with van der Waals surface area (Å²) in [5.74, 6) is 0.352. The van der Waals surface area contributed by atoms with Gasteiger partial charge in [0, 0.05) is 31.8 Å². The summed E-state index contributed by atoms with van der Waals surface area (Å²) in [6.07, 6.45) is 3.93. The van der Waals surface area contributed by atoms with Gasteiger partial charge < -0.3 is 10.9 Å². The summed E-state index contributed by atoms with van der Waals surface area (Å²) in [5, 5.41) is 11.3. The van der Waals surface area contributed by atoms with Crippen LogP contribution < -0.4 is 5.73 Å². The molecule has 0 heterocycles. The first kappa shape index (κ1) is 13.2. The van der Waals surface area contributed by atoms with Crippen molar-refractivity contribution in [3.8, 4) is 0 Å². The Morgan fingerprint density at radius 3 is 2.56 bits per heavy atom. The minimum Gasteiger partial charge on any atom is -0.409 e. The van der Waals surface area contributed by atoms with Crippen molar-refractivity contribution >= 4 is 15.7 Å². The molecular formula is C9H19N3O3S. The van der Waals surface area contributed by atoms with Gasteiger partial charge in [-0.05, 0) is 12.8 Å². The molecule has 3 N–H and O–H groups in total. The second-order valence-electron chi connectivity index (χ2n) is 4.24. The number of amidine groups is 1. The van der Waals surface area contributed by atoms with Crippen LogP contribution in [-0.2, 0) is 9.84 Å². The Balaban J connectivity index is 2.36. The molecule has 16 heavy (non-hydrogen) atoms. The van der Waals surface area contributed by atoms with Crippen LogP contribution >= 0.6 is 0 Å². The lowest BCUT2D eigenvalue weighted by Gasteiger charge is -2.20. The van der Waals surface area contributed by atoms with Crippen molar-refractivity contribution in [2.24, 2.45) is 10.9 Å². The number of nitrogens with two attached hydrogens (primary N) is 1. The van der Waals surface area contributed by atoms with Crippen molar-refractivity contribution in [1.82, 2.24) is 4.90 Å². The van der Waals surface area contributed by atoms with Crippen LogP contribution in [0.4, 0.5) is 0 Å². The first-order valence-electron chi connectivity index (χ1n) is 5.30. The van der Waals surface area contributed by atoms with Crippen LogP contribution in [0.1, 0.15) is 19.3 Å². The topological polar surface area (TPSA) is 96.0 Å². The molecule has 94 valence electrons. The molecule has 7 heteroatoms. The third-order valence-electron chi connectivity index (χ3n) is 2.60. The maximum atomic E-state index is 11.1. The van der Waals surface area contributed by atoms with Crippen LogP contribution in [0.2, 0.25) is 0 Å². The summed E-state index contributed by atoms with van der Waals surface area (Å²) < 4.78 is 22.1. The highest BCUT2D eigenvalue weighted by atomic mass is 32.2. The molecule has 1 saturated carbocycles. The lowest BCUT2D eigenvalue weighted by atomic mass is 10.3. The first-order chi connectivity index (χ1) is 7.42. The first-order valence-corrected chi connectivity index (χ1v) is 7.36. The molecule has 0 atom stereocenters. The quantitative estimate of drug-likeness (QED) is 0.278. The van der Waals surface area contributed by atoms with Crippen molar-refractivity contribution in [3.05, 3.63) is 0 Å². The van der Waals surface area contributed by atoms with E-state index in [1.807, 2.05) is 0 Å². The van der Waals surface area contributed by atoms with E-state index in [1.165, 1.54) is 6.26 Å². The van der Waals surface area contributed by atoms with Gasteiger partial charge in [-0.25, -0.2) is 8.42 Å².